The summed E-state index contributed by atoms with van der Waals surface area (Å²) in [5.74, 6) is -0.809. The monoisotopic (exact) mass is 387 g/mol. The number of carbonyl (C=O) groups is 1. The molecule has 126 valence electrons. The minimum atomic E-state index is -0.623. The van der Waals surface area contributed by atoms with Gasteiger partial charge < -0.3 is 22.2 Å². The van der Waals surface area contributed by atoms with Gasteiger partial charge in [0.25, 0.3) is 5.91 Å². The van der Waals surface area contributed by atoms with E-state index in [9.17, 15) is 4.79 Å². The number of anilines is 2. The number of hydrazone groups is 1. The van der Waals surface area contributed by atoms with Crippen LogP contribution in [0.2, 0.25) is 15.2 Å². The minimum absolute atomic E-state index is 0.0531. The molecule has 0 saturated carbocycles. The van der Waals surface area contributed by atoms with Crippen LogP contribution in [0.4, 0.5) is 11.6 Å². The molecule has 1 amide bonds. The standard InChI is InChI=1S/C13H12Cl3N7O/c14-7-2-1-6(3-8(7)15)4-20-21-5-19-13(24)9-11(17)23-12(18)10(16)22-9/h1-3,5,20H,4H2,(H4,17,18,23)(H,19,21,24). The van der Waals surface area contributed by atoms with Crippen molar-refractivity contribution in [2.24, 2.45) is 5.10 Å². The fourth-order valence-corrected chi connectivity index (χ4v) is 2.05. The van der Waals surface area contributed by atoms with E-state index < -0.39 is 5.91 Å². The maximum atomic E-state index is 11.9. The highest BCUT2D eigenvalue weighted by Gasteiger charge is 2.14. The Balaban J connectivity index is 1.88. The van der Waals surface area contributed by atoms with E-state index in [-0.39, 0.29) is 22.5 Å². The van der Waals surface area contributed by atoms with Crippen molar-refractivity contribution in [2.75, 3.05) is 11.5 Å². The number of nitrogens with two attached hydrogens (primary N) is 2. The van der Waals surface area contributed by atoms with Crippen LogP contribution in [0.5, 0.6) is 0 Å². The first kappa shape index (κ1) is 18.1. The van der Waals surface area contributed by atoms with Gasteiger partial charge in [-0.1, -0.05) is 40.9 Å². The molecule has 6 N–H and O–H groups in total. The van der Waals surface area contributed by atoms with Crippen LogP contribution in [0.1, 0.15) is 16.1 Å². The predicted molar refractivity (Wildman–Crippen MR) is 95.1 cm³/mol. The highest BCUT2D eigenvalue weighted by molar-refractivity contribution is 6.42. The van der Waals surface area contributed by atoms with Crippen LogP contribution in [-0.2, 0) is 6.54 Å². The summed E-state index contributed by atoms with van der Waals surface area (Å²) in [7, 11) is 0. The predicted octanol–water partition coefficient (Wildman–Crippen LogP) is 2.06. The van der Waals surface area contributed by atoms with Crippen LogP contribution in [-0.4, -0.2) is 22.2 Å². The molecule has 2 rings (SSSR count). The molecule has 0 atom stereocenters. The number of nitrogens with one attached hydrogen (secondary N) is 2. The number of rotatable bonds is 5. The molecule has 0 aliphatic rings. The molecule has 1 heterocycles. The molecule has 0 aliphatic carbocycles. The van der Waals surface area contributed by atoms with Gasteiger partial charge in [-0.25, -0.2) is 9.97 Å². The number of amides is 1. The van der Waals surface area contributed by atoms with Crippen LogP contribution in [0.25, 0.3) is 0 Å². The molecule has 24 heavy (non-hydrogen) atoms. The van der Waals surface area contributed by atoms with Gasteiger partial charge in [-0.15, -0.1) is 0 Å². The lowest BCUT2D eigenvalue weighted by Gasteiger charge is -2.05. The van der Waals surface area contributed by atoms with Gasteiger partial charge in [0.1, 0.15) is 6.34 Å². The molecule has 8 nitrogen and oxygen atoms in total. The van der Waals surface area contributed by atoms with Gasteiger partial charge in [0.05, 0.1) is 16.6 Å². The van der Waals surface area contributed by atoms with Gasteiger partial charge in [-0.2, -0.15) is 5.10 Å². The van der Waals surface area contributed by atoms with Crippen molar-refractivity contribution in [2.45, 2.75) is 6.54 Å². The number of benzene rings is 1. The quantitative estimate of drug-likeness (QED) is 0.352. The molecule has 0 spiro atoms. The molecule has 11 heteroatoms. The molecule has 0 aliphatic heterocycles. The summed E-state index contributed by atoms with van der Waals surface area (Å²) in [5, 5.41) is 7.00. The first-order valence-electron chi connectivity index (χ1n) is 6.46. The van der Waals surface area contributed by atoms with E-state index in [2.05, 4.69) is 25.8 Å². The Morgan fingerprint density at radius 1 is 1.17 bits per heavy atom. The largest absolute Gasteiger partial charge is 0.382 e. The minimum Gasteiger partial charge on any atom is -0.382 e. The topological polar surface area (TPSA) is 131 Å². The lowest BCUT2D eigenvalue weighted by atomic mass is 10.2. The summed E-state index contributed by atoms with van der Waals surface area (Å²) >= 11 is 17.4. The molecule has 1 aromatic carbocycles. The highest BCUT2D eigenvalue weighted by Crippen LogP contribution is 2.22. The average molecular weight is 389 g/mol. The van der Waals surface area contributed by atoms with Crippen molar-refractivity contribution in [1.29, 1.82) is 0 Å². The van der Waals surface area contributed by atoms with Gasteiger partial charge in [0, 0.05) is 0 Å². The number of carbonyl (C=O) groups excluding carboxylic acids is 1. The lowest BCUT2D eigenvalue weighted by molar-refractivity contribution is 0.0974. The second-order valence-corrected chi connectivity index (χ2v) is 5.62. The molecular weight excluding hydrogens is 377 g/mol. The van der Waals surface area contributed by atoms with Gasteiger partial charge >= 0.3 is 0 Å². The van der Waals surface area contributed by atoms with E-state index in [1.165, 1.54) is 0 Å². The van der Waals surface area contributed by atoms with Gasteiger partial charge in [0.2, 0.25) is 0 Å². The van der Waals surface area contributed by atoms with E-state index >= 15 is 0 Å². The third kappa shape index (κ3) is 4.60. The maximum Gasteiger partial charge on any atom is 0.278 e. The Hall–Kier alpha value is -2.29. The Kier molecular flexibility index (Phi) is 6.02. The van der Waals surface area contributed by atoms with Crippen LogP contribution in [0, 0.1) is 0 Å². The van der Waals surface area contributed by atoms with E-state index in [1.54, 1.807) is 18.2 Å². The Morgan fingerprint density at radius 3 is 2.62 bits per heavy atom. The second-order valence-electron chi connectivity index (χ2n) is 4.45. The van der Waals surface area contributed by atoms with Crippen molar-refractivity contribution in [3.05, 3.63) is 44.7 Å². The number of hydrogen-bond acceptors (Lipinski definition) is 7. The summed E-state index contributed by atoms with van der Waals surface area (Å²) in [6, 6.07) is 5.18. The maximum absolute atomic E-state index is 11.9. The van der Waals surface area contributed by atoms with Crippen LogP contribution in [0.3, 0.4) is 0 Å². The Morgan fingerprint density at radius 2 is 1.92 bits per heavy atom. The Bertz CT molecular complexity index is 797. The van der Waals surface area contributed by atoms with E-state index in [1.807, 2.05) is 0 Å². The first-order chi connectivity index (χ1) is 11.4. The second kappa shape index (κ2) is 8.00. The zero-order valence-corrected chi connectivity index (χ0v) is 14.3. The fraction of sp³-hybridized carbons (Fsp3) is 0.0769. The molecule has 0 unspecified atom stereocenters. The van der Waals surface area contributed by atoms with Crippen LogP contribution < -0.4 is 22.2 Å². The zero-order chi connectivity index (χ0) is 17.7. The molecule has 0 saturated heterocycles. The molecule has 0 bridgehead atoms. The van der Waals surface area contributed by atoms with Crippen LogP contribution >= 0.6 is 34.8 Å². The number of nitrogen functional groups attached to an aromatic ring is 2. The van der Waals surface area contributed by atoms with E-state index in [4.69, 9.17) is 46.3 Å². The fourth-order valence-electron chi connectivity index (χ4n) is 1.60. The van der Waals surface area contributed by atoms with Gasteiger partial charge in [0.15, 0.2) is 22.5 Å². The summed E-state index contributed by atoms with van der Waals surface area (Å²) in [6.07, 6.45) is 1.14. The average Bonchev–Trinajstić information content (AvgIpc) is 2.53. The molecule has 2 aromatic rings. The SMILES string of the molecule is Nc1nc(N)c(C(=O)NC=NNCc2ccc(Cl)c(Cl)c2)nc1Cl. The summed E-state index contributed by atoms with van der Waals surface area (Å²) in [6.45, 7) is 0.388. The van der Waals surface area contributed by atoms with Crippen molar-refractivity contribution in [3.63, 3.8) is 0 Å². The number of hydrogen-bond donors (Lipinski definition) is 4. The molecule has 1 aromatic heterocycles. The van der Waals surface area contributed by atoms with E-state index in [0.29, 0.717) is 16.6 Å². The summed E-state index contributed by atoms with van der Waals surface area (Å²) < 4.78 is 0. The number of halogens is 3. The molecular formula is C13H12Cl3N7O. The van der Waals surface area contributed by atoms with Crippen LogP contribution in [0.15, 0.2) is 23.3 Å². The third-order valence-corrected chi connectivity index (χ3v) is 3.76. The van der Waals surface area contributed by atoms with Gasteiger partial charge in [-0.05, 0) is 17.7 Å². The normalized spacial score (nSPS) is 10.8. The molecule has 0 radical (unpaired) electrons. The summed E-state index contributed by atoms with van der Waals surface area (Å²) in [5.41, 5.74) is 14.5. The third-order valence-electron chi connectivity index (χ3n) is 2.74. The lowest BCUT2D eigenvalue weighted by Crippen LogP contribution is -2.26. The zero-order valence-electron chi connectivity index (χ0n) is 12.1. The highest BCUT2D eigenvalue weighted by atomic mass is 35.5. The van der Waals surface area contributed by atoms with Crippen molar-refractivity contribution in [3.8, 4) is 0 Å². The van der Waals surface area contributed by atoms with Crippen molar-refractivity contribution in [1.82, 2.24) is 20.7 Å². The summed E-state index contributed by atoms with van der Waals surface area (Å²) in [4.78, 5) is 19.4. The Labute approximate surface area is 152 Å². The van der Waals surface area contributed by atoms with Gasteiger partial charge in [-0.3, -0.25) is 4.79 Å². The first-order valence-corrected chi connectivity index (χ1v) is 7.59. The number of nitrogens with zero attached hydrogens (tertiary/aromatic N) is 3. The number of aromatic nitrogens is 2. The smallest absolute Gasteiger partial charge is 0.278 e. The van der Waals surface area contributed by atoms with E-state index in [0.717, 1.165) is 11.9 Å². The van der Waals surface area contributed by atoms with Crippen molar-refractivity contribution >= 4 is 58.7 Å². The molecule has 0 fully saturated rings. The van der Waals surface area contributed by atoms with Crippen molar-refractivity contribution < 1.29 is 4.79 Å².